The fourth-order valence-electron chi connectivity index (χ4n) is 0.474. The Morgan fingerprint density at radius 1 is 1.45 bits per heavy atom. The minimum atomic E-state index is -0.455. The van der Waals surface area contributed by atoms with Crippen molar-refractivity contribution in [2.45, 2.75) is 39.4 Å². The van der Waals surface area contributed by atoms with Crippen LogP contribution < -0.4 is 0 Å². The van der Waals surface area contributed by atoms with E-state index in [0.29, 0.717) is 0 Å². The van der Waals surface area contributed by atoms with Gasteiger partial charge in [0.2, 0.25) is 0 Å². The van der Waals surface area contributed by atoms with Crippen LogP contribution in [0.1, 0.15) is 27.2 Å². The molecule has 0 bridgehead atoms. The lowest BCUT2D eigenvalue weighted by Crippen LogP contribution is -2.25. The molecular weight excluding hydrogens is 144 g/mol. The number of rotatable bonds is 4. The van der Waals surface area contributed by atoms with Gasteiger partial charge in [-0.2, -0.15) is 0 Å². The fraction of sp³-hybridized carbons (Fsp3) is 0.875. The standard InChI is InChI=1S/C8H16O3/c1-5-6(2)11-8(9)7(3)10-4/h6-7H,5H2,1-4H3/t6-,7-/m1/s1. The predicted molar refractivity (Wildman–Crippen MR) is 42.3 cm³/mol. The van der Waals surface area contributed by atoms with Crippen LogP contribution in [0.3, 0.4) is 0 Å². The highest BCUT2D eigenvalue weighted by Gasteiger charge is 2.14. The first-order chi connectivity index (χ1) is 5.11. The predicted octanol–water partition coefficient (Wildman–Crippen LogP) is 1.36. The van der Waals surface area contributed by atoms with Crippen LogP contribution in [0.2, 0.25) is 0 Å². The van der Waals surface area contributed by atoms with Crippen molar-refractivity contribution in [1.29, 1.82) is 0 Å². The van der Waals surface area contributed by atoms with E-state index in [0.717, 1.165) is 6.42 Å². The van der Waals surface area contributed by atoms with Gasteiger partial charge in [-0.3, -0.25) is 0 Å². The average molecular weight is 160 g/mol. The van der Waals surface area contributed by atoms with E-state index < -0.39 is 6.10 Å². The lowest BCUT2D eigenvalue weighted by Gasteiger charge is -2.13. The molecule has 3 nitrogen and oxygen atoms in total. The van der Waals surface area contributed by atoms with Gasteiger partial charge >= 0.3 is 5.97 Å². The second-order valence-electron chi connectivity index (χ2n) is 2.53. The van der Waals surface area contributed by atoms with Gasteiger partial charge < -0.3 is 9.47 Å². The number of hydrogen-bond acceptors (Lipinski definition) is 3. The second-order valence-corrected chi connectivity index (χ2v) is 2.53. The summed E-state index contributed by atoms with van der Waals surface area (Å²) in [6.45, 7) is 5.50. The first-order valence-corrected chi connectivity index (χ1v) is 3.85. The van der Waals surface area contributed by atoms with Crippen LogP contribution in [0.25, 0.3) is 0 Å². The largest absolute Gasteiger partial charge is 0.461 e. The molecule has 66 valence electrons. The molecular formula is C8H16O3. The summed E-state index contributed by atoms with van der Waals surface area (Å²) in [5, 5.41) is 0. The summed E-state index contributed by atoms with van der Waals surface area (Å²) < 4.78 is 9.77. The maximum Gasteiger partial charge on any atom is 0.335 e. The molecule has 0 aliphatic heterocycles. The molecule has 0 aromatic rings. The summed E-state index contributed by atoms with van der Waals surface area (Å²) in [5.74, 6) is -0.290. The van der Waals surface area contributed by atoms with Crippen molar-refractivity contribution < 1.29 is 14.3 Å². The molecule has 0 N–H and O–H groups in total. The molecule has 0 radical (unpaired) electrons. The Bertz CT molecular complexity index is 123. The minimum absolute atomic E-state index is 0.0138. The lowest BCUT2D eigenvalue weighted by atomic mass is 10.3. The summed E-state index contributed by atoms with van der Waals surface area (Å²) in [6, 6.07) is 0. The third-order valence-corrected chi connectivity index (χ3v) is 1.58. The molecule has 0 heterocycles. The molecule has 0 rings (SSSR count). The van der Waals surface area contributed by atoms with Crippen LogP contribution in [0.5, 0.6) is 0 Å². The van der Waals surface area contributed by atoms with Crippen LogP contribution in [0.4, 0.5) is 0 Å². The van der Waals surface area contributed by atoms with Gasteiger partial charge in [0.05, 0.1) is 6.10 Å². The molecule has 0 saturated heterocycles. The van der Waals surface area contributed by atoms with E-state index in [2.05, 4.69) is 0 Å². The normalized spacial score (nSPS) is 15.6. The van der Waals surface area contributed by atoms with Gasteiger partial charge in [-0.15, -0.1) is 0 Å². The Morgan fingerprint density at radius 3 is 2.36 bits per heavy atom. The van der Waals surface area contributed by atoms with Crippen molar-refractivity contribution >= 4 is 5.97 Å². The molecule has 0 aliphatic rings. The van der Waals surface area contributed by atoms with Gasteiger partial charge in [-0.25, -0.2) is 4.79 Å². The minimum Gasteiger partial charge on any atom is -0.461 e. The van der Waals surface area contributed by atoms with Crippen LogP contribution in [-0.2, 0) is 14.3 Å². The highest BCUT2D eigenvalue weighted by atomic mass is 16.6. The average Bonchev–Trinajstić information content (AvgIpc) is 2.02. The number of esters is 1. The Morgan fingerprint density at radius 2 is 2.00 bits per heavy atom. The quantitative estimate of drug-likeness (QED) is 0.582. The van der Waals surface area contributed by atoms with E-state index in [-0.39, 0.29) is 12.1 Å². The van der Waals surface area contributed by atoms with Crippen LogP contribution in [0.15, 0.2) is 0 Å². The summed E-state index contributed by atoms with van der Waals surface area (Å²) >= 11 is 0. The van der Waals surface area contributed by atoms with Gasteiger partial charge in [0.1, 0.15) is 0 Å². The van der Waals surface area contributed by atoms with Crippen molar-refractivity contribution in [1.82, 2.24) is 0 Å². The van der Waals surface area contributed by atoms with Crippen molar-refractivity contribution in [3.8, 4) is 0 Å². The van der Waals surface area contributed by atoms with Gasteiger partial charge in [0, 0.05) is 7.11 Å². The topological polar surface area (TPSA) is 35.5 Å². The molecule has 0 aromatic heterocycles. The summed E-state index contributed by atoms with van der Waals surface area (Å²) in [5.41, 5.74) is 0. The zero-order valence-corrected chi connectivity index (χ0v) is 7.59. The number of hydrogen-bond donors (Lipinski definition) is 0. The fourth-order valence-corrected chi connectivity index (χ4v) is 0.474. The highest BCUT2D eigenvalue weighted by molar-refractivity contribution is 5.74. The highest BCUT2D eigenvalue weighted by Crippen LogP contribution is 2.00. The molecule has 0 spiro atoms. The van der Waals surface area contributed by atoms with E-state index in [4.69, 9.17) is 9.47 Å². The molecule has 0 fully saturated rings. The smallest absolute Gasteiger partial charge is 0.335 e. The van der Waals surface area contributed by atoms with E-state index in [9.17, 15) is 4.79 Å². The molecule has 0 saturated carbocycles. The third-order valence-electron chi connectivity index (χ3n) is 1.58. The van der Waals surface area contributed by atoms with Crippen molar-refractivity contribution in [3.05, 3.63) is 0 Å². The number of carbonyl (C=O) groups is 1. The molecule has 0 aromatic carbocycles. The summed E-state index contributed by atoms with van der Waals surface area (Å²) in [6.07, 6.45) is 0.367. The van der Waals surface area contributed by atoms with Crippen molar-refractivity contribution in [2.75, 3.05) is 7.11 Å². The third kappa shape index (κ3) is 3.98. The SMILES string of the molecule is CC[C@@H](C)OC(=O)[C@@H](C)OC. The maximum absolute atomic E-state index is 11.0. The first kappa shape index (κ1) is 10.4. The molecule has 11 heavy (non-hydrogen) atoms. The van der Waals surface area contributed by atoms with Crippen LogP contribution >= 0.6 is 0 Å². The lowest BCUT2D eigenvalue weighted by molar-refractivity contribution is -0.159. The van der Waals surface area contributed by atoms with Gasteiger partial charge in [0.25, 0.3) is 0 Å². The molecule has 2 atom stereocenters. The molecule has 0 amide bonds. The van der Waals surface area contributed by atoms with E-state index >= 15 is 0 Å². The van der Waals surface area contributed by atoms with Gasteiger partial charge in [-0.1, -0.05) is 6.92 Å². The Kier molecular flexibility index (Phi) is 4.86. The number of methoxy groups -OCH3 is 1. The zero-order valence-electron chi connectivity index (χ0n) is 7.59. The first-order valence-electron chi connectivity index (χ1n) is 3.85. The van der Waals surface area contributed by atoms with Crippen molar-refractivity contribution in [3.63, 3.8) is 0 Å². The van der Waals surface area contributed by atoms with Crippen LogP contribution in [0, 0.1) is 0 Å². The maximum atomic E-state index is 11.0. The Labute approximate surface area is 67.7 Å². The van der Waals surface area contributed by atoms with Crippen molar-refractivity contribution in [2.24, 2.45) is 0 Å². The van der Waals surface area contributed by atoms with Gasteiger partial charge in [-0.05, 0) is 20.3 Å². The molecule has 0 unspecified atom stereocenters. The Hall–Kier alpha value is -0.570. The number of ether oxygens (including phenoxy) is 2. The van der Waals surface area contributed by atoms with Crippen LogP contribution in [-0.4, -0.2) is 25.3 Å². The molecule has 0 aliphatic carbocycles. The summed E-state index contributed by atoms with van der Waals surface area (Å²) in [4.78, 5) is 11.0. The van der Waals surface area contributed by atoms with E-state index in [1.165, 1.54) is 7.11 Å². The van der Waals surface area contributed by atoms with Gasteiger partial charge in [0.15, 0.2) is 6.10 Å². The van der Waals surface area contributed by atoms with E-state index in [1.807, 2.05) is 13.8 Å². The second kappa shape index (κ2) is 5.13. The monoisotopic (exact) mass is 160 g/mol. The Balaban J connectivity index is 3.68. The number of carbonyl (C=O) groups excluding carboxylic acids is 1. The molecule has 3 heteroatoms. The summed E-state index contributed by atoms with van der Waals surface area (Å²) in [7, 11) is 1.49. The van der Waals surface area contributed by atoms with E-state index in [1.54, 1.807) is 6.92 Å². The zero-order chi connectivity index (χ0) is 8.85.